The van der Waals surface area contributed by atoms with E-state index in [0.717, 1.165) is 36.6 Å². The number of nitrogens with one attached hydrogen (secondary N) is 1. The maximum Gasteiger partial charge on any atom is 0.141 e. The molecule has 0 atom stereocenters. The molecule has 0 saturated carbocycles. The quantitative estimate of drug-likeness (QED) is 0.755. The van der Waals surface area contributed by atoms with Crippen LogP contribution in [0.3, 0.4) is 0 Å². The van der Waals surface area contributed by atoms with Gasteiger partial charge in [0.2, 0.25) is 0 Å². The lowest BCUT2D eigenvalue weighted by molar-refractivity contribution is 0.613. The average Bonchev–Trinajstić information content (AvgIpc) is 2.33. The van der Waals surface area contributed by atoms with Crippen LogP contribution in [0.5, 0.6) is 0 Å². The molecule has 0 aromatic carbocycles. The molecule has 0 unspecified atom stereocenters. The van der Waals surface area contributed by atoms with Gasteiger partial charge in [0, 0.05) is 25.2 Å². The van der Waals surface area contributed by atoms with Crippen LogP contribution in [0.25, 0.3) is 0 Å². The first-order valence-electron chi connectivity index (χ1n) is 6.32. The predicted octanol–water partition coefficient (Wildman–Crippen LogP) is 2.73. The zero-order valence-corrected chi connectivity index (χ0v) is 11.5. The Kier molecular flexibility index (Phi) is 5.78. The van der Waals surface area contributed by atoms with Crippen molar-refractivity contribution in [3.8, 4) is 0 Å². The summed E-state index contributed by atoms with van der Waals surface area (Å²) in [4.78, 5) is 6.33. The van der Waals surface area contributed by atoms with Crippen molar-refractivity contribution in [3.63, 3.8) is 0 Å². The number of likely N-dealkylation sites (N-methyl/N-ethyl adjacent to an activating group) is 1. The molecule has 0 aliphatic rings. The predicted molar refractivity (Wildman–Crippen MR) is 74.3 cm³/mol. The van der Waals surface area contributed by atoms with Crippen molar-refractivity contribution in [2.75, 3.05) is 24.5 Å². The number of pyridine rings is 1. The number of hydrogen-bond acceptors (Lipinski definition) is 3. The van der Waals surface area contributed by atoms with E-state index in [1.165, 1.54) is 6.20 Å². The van der Waals surface area contributed by atoms with Gasteiger partial charge in [-0.2, -0.15) is 0 Å². The molecular weight excluding hydrogens is 229 g/mol. The minimum atomic E-state index is -0.293. The van der Waals surface area contributed by atoms with Crippen LogP contribution in [0, 0.1) is 5.82 Å². The van der Waals surface area contributed by atoms with Crippen LogP contribution in [0.4, 0.5) is 10.2 Å². The molecule has 0 radical (unpaired) electrons. The fraction of sp³-hybridized carbons (Fsp3) is 0.500. The van der Waals surface area contributed by atoms with Gasteiger partial charge < -0.3 is 10.2 Å². The lowest BCUT2D eigenvalue weighted by Gasteiger charge is -2.24. The van der Waals surface area contributed by atoms with Gasteiger partial charge in [-0.1, -0.05) is 19.1 Å². The van der Waals surface area contributed by atoms with E-state index >= 15 is 0 Å². The molecule has 0 spiro atoms. The van der Waals surface area contributed by atoms with E-state index in [4.69, 9.17) is 0 Å². The Morgan fingerprint density at radius 1 is 1.50 bits per heavy atom. The van der Waals surface area contributed by atoms with Gasteiger partial charge in [-0.15, -0.1) is 0 Å². The standard InChI is InChI=1S/C14H22FN3/c1-5-16-8-12-7-13(15)9-17-14(12)18(6-2)10-11(3)4/h7,9,16H,3,5-6,8,10H2,1-2,4H3. The van der Waals surface area contributed by atoms with E-state index in [1.54, 1.807) is 6.07 Å². The maximum atomic E-state index is 13.3. The SMILES string of the molecule is C=C(C)CN(CC)c1ncc(F)cc1CNCC. The topological polar surface area (TPSA) is 28.2 Å². The van der Waals surface area contributed by atoms with Crippen LogP contribution in [-0.2, 0) is 6.54 Å². The Morgan fingerprint density at radius 2 is 2.22 bits per heavy atom. The zero-order valence-electron chi connectivity index (χ0n) is 11.5. The fourth-order valence-corrected chi connectivity index (χ4v) is 1.81. The van der Waals surface area contributed by atoms with Crippen molar-refractivity contribution in [3.05, 3.63) is 35.8 Å². The van der Waals surface area contributed by atoms with E-state index in [2.05, 4.69) is 28.7 Å². The van der Waals surface area contributed by atoms with Crippen molar-refractivity contribution >= 4 is 5.82 Å². The maximum absolute atomic E-state index is 13.3. The van der Waals surface area contributed by atoms with E-state index in [9.17, 15) is 4.39 Å². The number of rotatable bonds is 7. The smallest absolute Gasteiger partial charge is 0.141 e. The molecule has 100 valence electrons. The van der Waals surface area contributed by atoms with Gasteiger partial charge in [-0.3, -0.25) is 0 Å². The molecule has 4 heteroatoms. The van der Waals surface area contributed by atoms with Gasteiger partial charge in [-0.05, 0) is 26.5 Å². The molecule has 0 aliphatic heterocycles. The summed E-state index contributed by atoms with van der Waals surface area (Å²) in [5, 5.41) is 3.21. The number of anilines is 1. The Labute approximate surface area is 109 Å². The van der Waals surface area contributed by atoms with Gasteiger partial charge in [0.05, 0.1) is 6.20 Å². The molecule has 1 rings (SSSR count). The van der Waals surface area contributed by atoms with E-state index in [1.807, 2.05) is 13.8 Å². The number of nitrogens with zero attached hydrogens (tertiary/aromatic N) is 2. The third kappa shape index (κ3) is 4.11. The molecule has 1 aromatic rings. The molecule has 0 aliphatic carbocycles. The van der Waals surface area contributed by atoms with Crippen LogP contribution < -0.4 is 10.2 Å². The van der Waals surface area contributed by atoms with Crippen LogP contribution in [0.1, 0.15) is 26.3 Å². The lowest BCUT2D eigenvalue weighted by atomic mass is 10.2. The molecular formula is C14H22FN3. The minimum absolute atomic E-state index is 0.293. The van der Waals surface area contributed by atoms with Crippen LogP contribution in [0.15, 0.2) is 24.4 Å². The summed E-state index contributed by atoms with van der Waals surface area (Å²) in [5.74, 6) is 0.542. The summed E-state index contributed by atoms with van der Waals surface area (Å²) in [5.41, 5.74) is 1.96. The second-order valence-corrected chi connectivity index (χ2v) is 4.39. The molecule has 1 N–H and O–H groups in total. The van der Waals surface area contributed by atoms with Crippen LogP contribution in [0.2, 0.25) is 0 Å². The van der Waals surface area contributed by atoms with Gasteiger partial charge >= 0.3 is 0 Å². The first-order chi connectivity index (χ1) is 8.58. The molecule has 0 amide bonds. The second-order valence-electron chi connectivity index (χ2n) is 4.39. The minimum Gasteiger partial charge on any atom is -0.353 e. The van der Waals surface area contributed by atoms with Gasteiger partial charge in [-0.25, -0.2) is 9.37 Å². The van der Waals surface area contributed by atoms with Gasteiger partial charge in [0.15, 0.2) is 0 Å². The van der Waals surface area contributed by atoms with Crippen LogP contribution >= 0.6 is 0 Å². The van der Waals surface area contributed by atoms with Crippen molar-refractivity contribution in [1.29, 1.82) is 0 Å². The zero-order chi connectivity index (χ0) is 13.5. The Bertz CT molecular complexity index is 404. The molecule has 18 heavy (non-hydrogen) atoms. The first kappa shape index (κ1) is 14.6. The summed E-state index contributed by atoms with van der Waals surface area (Å²) in [6.45, 7) is 13.0. The number of hydrogen-bond donors (Lipinski definition) is 1. The molecule has 3 nitrogen and oxygen atoms in total. The summed E-state index contributed by atoms with van der Waals surface area (Å²) >= 11 is 0. The monoisotopic (exact) mass is 251 g/mol. The molecule has 1 aromatic heterocycles. The van der Waals surface area contributed by atoms with Crippen molar-refractivity contribution in [2.24, 2.45) is 0 Å². The van der Waals surface area contributed by atoms with Crippen LogP contribution in [-0.4, -0.2) is 24.6 Å². The highest BCUT2D eigenvalue weighted by atomic mass is 19.1. The molecule has 0 bridgehead atoms. The van der Waals surface area contributed by atoms with Crippen molar-refractivity contribution < 1.29 is 4.39 Å². The highest BCUT2D eigenvalue weighted by Gasteiger charge is 2.12. The van der Waals surface area contributed by atoms with E-state index < -0.39 is 0 Å². The highest BCUT2D eigenvalue weighted by Crippen LogP contribution is 2.19. The Hall–Kier alpha value is -1.42. The normalized spacial score (nSPS) is 10.4. The Balaban J connectivity index is 2.99. The average molecular weight is 251 g/mol. The van der Waals surface area contributed by atoms with Gasteiger partial charge in [0.1, 0.15) is 11.6 Å². The summed E-state index contributed by atoms with van der Waals surface area (Å²) in [6, 6.07) is 1.55. The largest absolute Gasteiger partial charge is 0.353 e. The second kappa shape index (κ2) is 7.11. The van der Waals surface area contributed by atoms with Crippen molar-refractivity contribution in [2.45, 2.75) is 27.3 Å². The first-order valence-corrected chi connectivity index (χ1v) is 6.32. The van der Waals surface area contributed by atoms with E-state index in [0.29, 0.717) is 6.54 Å². The molecule has 0 saturated heterocycles. The number of halogens is 1. The number of aromatic nitrogens is 1. The third-order valence-electron chi connectivity index (χ3n) is 2.62. The summed E-state index contributed by atoms with van der Waals surface area (Å²) in [6.07, 6.45) is 1.27. The summed E-state index contributed by atoms with van der Waals surface area (Å²) < 4.78 is 13.3. The van der Waals surface area contributed by atoms with Gasteiger partial charge in [0.25, 0.3) is 0 Å². The Morgan fingerprint density at radius 3 is 2.78 bits per heavy atom. The molecule has 1 heterocycles. The lowest BCUT2D eigenvalue weighted by Crippen LogP contribution is -2.28. The third-order valence-corrected chi connectivity index (χ3v) is 2.62. The highest BCUT2D eigenvalue weighted by molar-refractivity contribution is 5.47. The fourth-order valence-electron chi connectivity index (χ4n) is 1.81. The van der Waals surface area contributed by atoms with E-state index in [-0.39, 0.29) is 5.82 Å². The molecule has 0 fully saturated rings. The summed E-state index contributed by atoms with van der Waals surface area (Å²) in [7, 11) is 0. The van der Waals surface area contributed by atoms with Crippen molar-refractivity contribution in [1.82, 2.24) is 10.3 Å².